The molecule has 0 saturated carbocycles. The first-order chi connectivity index (χ1) is 9.01. The van der Waals surface area contributed by atoms with E-state index < -0.39 is 5.54 Å². The molecule has 19 heavy (non-hydrogen) atoms. The van der Waals surface area contributed by atoms with Crippen molar-refractivity contribution in [1.82, 2.24) is 5.32 Å². The van der Waals surface area contributed by atoms with Gasteiger partial charge in [0.1, 0.15) is 0 Å². The lowest BCUT2D eigenvalue weighted by Gasteiger charge is -2.33. The molecule has 1 unspecified atom stereocenters. The highest BCUT2D eigenvalue weighted by molar-refractivity contribution is 5.98. The van der Waals surface area contributed by atoms with Gasteiger partial charge in [0, 0.05) is 25.5 Å². The van der Waals surface area contributed by atoms with Crippen LogP contribution < -0.4 is 15.5 Å². The number of hydrogen-bond acceptors (Lipinski definition) is 3. The Morgan fingerprint density at radius 1 is 1.26 bits per heavy atom. The number of piperidine rings is 1. The minimum Gasteiger partial charge on any atom is -0.378 e. The first-order valence-corrected chi connectivity index (χ1v) is 6.85. The van der Waals surface area contributed by atoms with Gasteiger partial charge in [-0.15, -0.1) is 0 Å². The fourth-order valence-corrected chi connectivity index (χ4v) is 2.36. The average Bonchev–Trinajstić information content (AvgIpc) is 2.40. The lowest BCUT2D eigenvalue weighted by atomic mass is 9.90. The maximum Gasteiger partial charge on any atom is 0.244 e. The van der Waals surface area contributed by atoms with Gasteiger partial charge < -0.3 is 15.5 Å². The van der Waals surface area contributed by atoms with Gasteiger partial charge in [-0.3, -0.25) is 4.79 Å². The van der Waals surface area contributed by atoms with E-state index in [9.17, 15) is 4.79 Å². The van der Waals surface area contributed by atoms with Crippen LogP contribution in [-0.4, -0.2) is 32.1 Å². The van der Waals surface area contributed by atoms with Crippen LogP contribution in [0.5, 0.6) is 0 Å². The molecule has 2 rings (SSSR count). The van der Waals surface area contributed by atoms with E-state index >= 15 is 0 Å². The van der Waals surface area contributed by atoms with Gasteiger partial charge in [0.15, 0.2) is 0 Å². The smallest absolute Gasteiger partial charge is 0.244 e. The zero-order chi connectivity index (χ0) is 13.9. The summed E-state index contributed by atoms with van der Waals surface area (Å²) in [6, 6.07) is 7.90. The Morgan fingerprint density at radius 3 is 2.47 bits per heavy atom. The van der Waals surface area contributed by atoms with Crippen LogP contribution in [0.25, 0.3) is 0 Å². The Labute approximate surface area is 115 Å². The van der Waals surface area contributed by atoms with Crippen molar-refractivity contribution < 1.29 is 4.79 Å². The van der Waals surface area contributed by atoms with Crippen LogP contribution in [0.1, 0.15) is 26.2 Å². The molecule has 0 bridgehead atoms. The second-order valence-electron chi connectivity index (χ2n) is 5.61. The average molecular weight is 261 g/mol. The first kappa shape index (κ1) is 13.9. The summed E-state index contributed by atoms with van der Waals surface area (Å²) in [4.78, 5) is 14.4. The van der Waals surface area contributed by atoms with E-state index in [4.69, 9.17) is 0 Å². The van der Waals surface area contributed by atoms with Crippen LogP contribution in [0.3, 0.4) is 0 Å². The summed E-state index contributed by atoms with van der Waals surface area (Å²) in [5.74, 6) is 0.0600. The Bertz CT molecular complexity index is 433. The van der Waals surface area contributed by atoms with Gasteiger partial charge in [-0.25, -0.2) is 0 Å². The van der Waals surface area contributed by atoms with Gasteiger partial charge in [-0.05, 0) is 57.0 Å². The highest BCUT2D eigenvalue weighted by Gasteiger charge is 2.34. The van der Waals surface area contributed by atoms with E-state index in [1.165, 1.54) is 0 Å². The second kappa shape index (κ2) is 5.61. The Kier molecular flexibility index (Phi) is 4.10. The minimum atomic E-state index is -0.432. The van der Waals surface area contributed by atoms with E-state index in [1.54, 1.807) is 0 Å². The zero-order valence-electron chi connectivity index (χ0n) is 12.0. The van der Waals surface area contributed by atoms with Crippen molar-refractivity contribution in [3.63, 3.8) is 0 Å². The van der Waals surface area contributed by atoms with E-state index in [0.717, 1.165) is 37.2 Å². The van der Waals surface area contributed by atoms with Gasteiger partial charge in [0.05, 0.1) is 5.54 Å². The largest absolute Gasteiger partial charge is 0.378 e. The molecule has 1 atom stereocenters. The zero-order valence-corrected chi connectivity index (χ0v) is 12.0. The molecule has 2 N–H and O–H groups in total. The molecule has 1 aliphatic heterocycles. The van der Waals surface area contributed by atoms with Crippen molar-refractivity contribution in [2.24, 2.45) is 0 Å². The lowest BCUT2D eigenvalue weighted by molar-refractivity contribution is -0.122. The van der Waals surface area contributed by atoms with E-state index in [2.05, 4.69) is 10.6 Å². The molecule has 0 spiro atoms. The predicted molar refractivity (Wildman–Crippen MR) is 79.7 cm³/mol. The first-order valence-electron chi connectivity index (χ1n) is 6.85. The highest BCUT2D eigenvalue weighted by atomic mass is 16.2. The second-order valence-corrected chi connectivity index (χ2v) is 5.61. The van der Waals surface area contributed by atoms with Gasteiger partial charge in [-0.2, -0.15) is 0 Å². The minimum absolute atomic E-state index is 0.0600. The summed E-state index contributed by atoms with van der Waals surface area (Å²) in [7, 11) is 4.00. The Hall–Kier alpha value is -1.55. The quantitative estimate of drug-likeness (QED) is 0.877. The van der Waals surface area contributed by atoms with E-state index in [1.807, 2.05) is 50.2 Å². The topological polar surface area (TPSA) is 44.4 Å². The number of carbonyl (C=O) groups is 1. The lowest BCUT2D eigenvalue weighted by Crippen LogP contribution is -2.54. The maximum absolute atomic E-state index is 12.3. The van der Waals surface area contributed by atoms with Gasteiger partial charge in [0.25, 0.3) is 0 Å². The molecule has 1 heterocycles. The standard InChI is InChI=1S/C15H23N3O/c1-15(10-4-5-11-16-15)14(19)17-12-6-8-13(9-7-12)18(2)3/h6-9,16H,4-5,10-11H2,1-3H3,(H,17,19). The molecule has 1 saturated heterocycles. The number of anilines is 2. The van der Waals surface area contributed by atoms with Gasteiger partial charge in [-0.1, -0.05) is 0 Å². The fourth-order valence-electron chi connectivity index (χ4n) is 2.36. The molecule has 1 amide bonds. The number of benzene rings is 1. The van der Waals surface area contributed by atoms with E-state index in [0.29, 0.717) is 0 Å². The molecule has 4 heteroatoms. The Morgan fingerprint density at radius 2 is 1.95 bits per heavy atom. The summed E-state index contributed by atoms with van der Waals surface area (Å²) in [6.45, 7) is 2.90. The number of hydrogen-bond donors (Lipinski definition) is 2. The van der Waals surface area contributed by atoms with Crippen LogP contribution in [0.15, 0.2) is 24.3 Å². The number of nitrogens with zero attached hydrogens (tertiary/aromatic N) is 1. The van der Waals surface area contributed by atoms with Crippen molar-refractivity contribution in [3.05, 3.63) is 24.3 Å². The normalized spacial score (nSPS) is 22.9. The number of carbonyl (C=O) groups excluding carboxylic acids is 1. The molecule has 4 nitrogen and oxygen atoms in total. The molecule has 0 radical (unpaired) electrons. The molecule has 1 aromatic rings. The fraction of sp³-hybridized carbons (Fsp3) is 0.533. The molecule has 1 aromatic carbocycles. The van der Waals surface area contributed by atoms with Crippen LogP contribution >= 0.6 is 0 Å². The Balaban J connectivity index is 2.02. The monoisotopic (exact) mass is 261 g/mol. The third kappa shape index (κ3) is 3.26. The van der Waals surface area contributed by atoms with Crippen molar-refractivity contribution in [2.45, 2.75) is 31.7 Å². The third-order valence-corrected chi connectivity index (χ3v) is 3.76. The number of nitrogens with one attached hydrogen (secondary N) is 2. The number of amides is 1. The van der Waals surface area contributed by atoms with Crippen LogP contribution in [0, 0.1) is 0 Å². The third-order valence-electron chi connectivity index (χ3n) is 3.76. The molecule has 0 aromatic heterocycles. The molecular weight excluding hydrogens is 238 g/mol. The van der Waals surface area contributed by atoms with Gasteiger partial charge >= 0.3 is 0 Å². The SMILES string of the molecule is CN(C)c1ccc(NC(=O)C2(C)CCCCN2)cc1. The van der Waals surface area contributed by atoms with E-state index in [-0.39, 0.29) is 5.91 Å². The maximum atomic E-state index is 12.3. The van der Waals surface area contributed by atoms with Crippen LogP contribution in [0.2, 0.25) is 0 Å². The summed E-state index contributed by atoms with van der Waals surface area (Å²) >= 11 is 0. The summed E-state index contributed by atoms with van der Waals surface area (Å²) < 4.78 is 0. The summed E-state index contributed by atoms with van der Waals surface area (Å²) in [5, 5.41) is 6.32. The van der Waals surface area contributed by atoms with Crippen molar-refractivity contribution >= 4 is 17.3 Å². The van der Waals surface area contributed by atoms with Crippen molar-refractivity contribution in [3.8, 4) is 0 Å². The van der Waals surface area contributed by atoms with Crippen LogP contribution in [0.4, 0.5) is 11.4 Å². The summed E-state index contributed by atoms with van der Waals surface area (Å²) in [6.07, 6.45) is 3.16. The van der Waals surface area contributed by atoms with Crippen molar-refractivity contribution in [1.29, 1.82) is 0 Å². The van der Waals surface area contributed by atoms with Crippen LogP contribution in [-0.2, 0) is 4.79 Å². The highest BCUT2D eigenvalue weighted by Crippen LogP contribution is 2.22. The summed E-state index contributed by atoms with van der Waals surface area (Å²) in [5.41, 5.74) is 1.54. The predicted octanol–water partition coefficient (Wildman–Crippen LogP) is 2.22. The van der Waals surface area contributed by atoms with Crippen molar-refractivity contribution in [2.75, 3.05) is 30.9 Å². The van der Waals surface area contributed by atoms with Gasteiger partial charge in [0.2, 0.25) is 5.91 Å². The molecule has 104 valence electrons. The molecule has 1 aliphatic rings. The number of rotatable bonds is 3. The molecule has 1 fully saturated rings. The molecular formula is C15H23N3O. The molecule has 0 aliphatic carbocycles.